The zero-order valence-electron chi connectivity index (χ0n) is 17.2. The second kappa shape index (κ2) is 6.84. The predicted molar refractivity (Wildman–Crippen MR) is 110 cm³/mol. The van der Waals surface area contributed by atoms with E-state index in [-0.39, 0.29) is 30.6 Å². The number of hydrogen-bond acceptors (Lipinski definition) is 5. The van der Waals surface area contributed by atoms with Crippen LogP contribution in [-0.4, -0.2) is 34.2 Å². The number of phenolic OH excluding ortho intramolecular Hbond substituents is 1. The molecule has 1 fully saturated rings. The van der Waals surface area contributed by atoms with Gasteiger partial charge in [0.1, 0.15) is 11.4 Å². The van der Waals surface area contributed by atoms with Crippen LogP contribution in [0.25, 0.3) is 10.8 Å². The lowest BCUT2D eigenvalue weighted by Crippen LogP contribution is -2.56. The molecule has 154 valence electrons. The summed E-state index contributed by atoms with van der Waals surface area (Å²) in [5.41, 5.74) is 0.289. The first-order chi connectivity index (χ1) is 13.7. The molecule has 4 atom stereocenters. The summed E-state index contributed by atoms with van der Waals surface area (Å²) in [6, 6.07) is 9.51. The number of aliphatic hydroxyl groups is 1. The van der Waals surface area contributed by atoms with Crippen LogP contribution in [0.4, 0.5) is 0 Å². The number of carbonyl (C=O) groups is 2. The Kier molecular flexibility index (Phi) is 4.69. The first-order valence-electron chi connectivity index (χ1n) is 10.4. The van der Waals surface area contributed by atoms with Gasteiger partial charge >= 0.3 is 5.97 Å². The van der Waals surface area contributed by atoms with Gasteiger partial charge in [-0.1, -0.05) is 39.0 Å². The van der Waals surface area contributed by atoms with Gasteiger partial charge < -0.3 is 14.9 Å². The maximum atomic E-state index is 13.1. The maximum absolute atomic E-state index is 13.1. The number of aromatic hydroxyl groups is 1. The molecule has 0 amide bonds. The van der Waals surface area contributed by atoms with Gasteiger partial charge in [-0.25, -0.2) is 0 Å². The Labute approximate surface area is 170 Å². The molecule has 0 bridgehead atoms. The van der Waals surface area contributed by atoms with Crippen molar-refractivity contribution in [3.63, 3.8) is 0 Å². The lowest BCUT2D eigenvalue weighted by Gasteiger charge is -2.46. The Morgan fingerprint density at radius 3 is 2.72 bits per heavy atom. The minimum atomic E-state index is -1.52. The minimum absolute atomic E-state index is 0.0512. The topological polar surface area (TPSA) is 83.8 Å². The molecule has 2 aromatic carbocycles. The minimum Gasteiger partial charge on any atom is -0.508 e. The second-order valence-electron chi connectivity index (χ2n) is 8.85. The number of rotatable bonds is 4. The van der Waals surface area contributed by atoms with Gasteiger partial charge in [-0.05, 0) is 65.1 Å². The summed E-state index contributed by atoms with van der Waals surface area (Å²) in [5, 5.41) is 23.6. The Balaban J connectivity index is 1.73. The van der Waals surface area contributed by atoms with Crippen molar-refractivity contribution in [2.24, 2.45) is 11.3 Å². The van der Waals surface area contributed by atoms with E-state index in [1.54, 1.807) is 19.1 Å². The highest BCUT2D eigenvalue weighted by Crippen LogP contribution is 2.63. The number of hydrogen-bond donors (Lipinski definition) is 2. The molecule has 5 nitrogen and oxygen atoms in total. The number of ketones is 1. The molecule has 2 aliphatic carbocycles. The van der Waals surface area contributed by atoms with E-state index in [1.165, 1.54) is 11.1 Å². The van der Waals surface area contributed by atoms with Crippen LogP contribution in [0.2, 0.25) is 0 Å². The summed E-state index contributed by atoms with van der Waals surface area (Å²) < 4.78 is 5.07. The molecule has 2 aliphatic rings. The van der Waals surface area contributed by atoms with Gasteiger partial charge in [0, 0.05) is 11.8 Å². The van der Waals surface area contributed by atoms with Crippen molar-refractivity contribution in [1.29, 1.82) is 0 Å². The largest absolute Gasteiger partial charge is 0.508 e. The van der Waals surface area contributed by atoms with Gasteiger partial charge in [-0.2, -0.15) is 0 Å². The fraction of sp³-hybridized carbons (Fsp3) is 0.500. The molecular formula is C24H28O5. The van der Waals surface area contributed by atoms with Crippen LogP contribution in [0.3, 0.4) is 0 Å². The third-order valence-corrected chi connectivity index (χ3v) is 7.44. The van der Waals surface area contributed by atoms with Crippen LogP contribution in [0.15, 0.2) is 30.3 Å². The van der Waals surface area contributed by atoms with E-state index in [1.807, 2.05) is 26.0 Å². The molecule has 0 unspecified atom stereocenters. The lowest BCUT2D eigenvalue weighted by atomic mass is 9.59. The lowest BCUT2D eigenvalue weighted by molar-refractivity contribution is -0.166. The average Bonchev–Trinajstić information content (AvgIpc) is 2.92. The normalized spacial score (nSPS) is 30.6. The molecule has 0 aromatic heterocycles. The van der Waals surface area contributed by atoms with Crippen molar-refractivity contribution in [1.82, 2.24) is 0 Å². The first-order valence-corrected chi connectivity index (χ1v) is 10.4. The van der Waals surface area contributed by atoms with E-state index in [0.29, 0.717) is 12.8 Å². The number of carbonyl (C=O) groups excluding carboxylic acids is 2. The van der Waals surface area contributed by atoms with Crippen molar-refractivity contribution in [2.45, 2.75) is 58.0 Å². The fourth-order valence-electron chi connectivity index (χ4n) is 5.79. The zero-order chi connectivity index (χ0) is 21.0. The average molecular weight is 396 g/mol. The number of fused-ring (bicyclic) bond motifs is 5. The summed E-state index contributed by atoms with van der Waals surface area (Å²) >= 11 is 0. The number of benzene rings is 2. The highest BCUT2D eigenvalue weighted by atomic mass is 16.5. The predicted octanol–water partition coefficient (Wildman–Crippen LogP) is 3.87. The molecule has 0 aliphatic heterocycles. The van der Waals surface area contributed by atoms with Crippen molar-refractivity contribution in [3.8, 4) is 5.75 Å². The van der Waals surface area contributed by atoms with Gasteiger partial charge in [-0.3, -0.25) is 9.59 Å². The summed E-state index contributed by atoms with van der Waals surface area (Å²) in [5.74, 6) is -0.764. The Bertz CT molecular complexity index is 996. The Morgan fingerprint density at radius 1 is 1.24 bits per heavy atom. The van der Waals surface area contributed by atoms with Crippen LogP contribution in [0.5, 0.6) is 5.75 Å². The number of esters is 1. The van der Waals surface area contributed by atoms with Gasteiger partial charge in [0.25, 0.3) is 0 Å². The molecule has 4 rings (SSSR count). The Morgan fingerprint density at radius 2 is 2.00 bits per heavy atom. The van der Waals surface area contributed by atoms with Crippen molar-refractivity contribution in [2.75, 3.05) is 6.61 Å². The standard InChI is InChI=1S/C24H28O5/c1-4-22(27)29-13-21(26)24(28)14(2)11-20-19-7-5-15-12-16(25)6-8-17(15)18(19)9-10-23(20,24)3/h5-8,12,14,20,25,28H,4,9-11,13H2,1-3H3/t14-,20-,23-,24-/m0/s1. The number of aryl methyl sites for hydroxylation is 1. The van der Waals surface area contributed by atoms with E-state index in [0.717, 1.165) is 17.2 Å². The van der Waals surface area contributed by atoms with Crippen LogP contribution in [0.1, 0.15) is 57.1 Å². The van der Waals surface area contributed by atoms with E-state index in [4.69, 9.17) is 4.74 Å². The number of phenols is 1. The van der Waals surface area contributed by atoms with Crippen LogP contribution >= 0.6 is 0 Å². The molecule has 5 heteroatoms. The van der Waals surface area contributed by atoms with Gasteiger partial charge in [0.05, 0.1) is 0 Å². The number of Topliss-reactive ketones (excluding diaryl/α,β-unsaturated/α-hetero) is 1. The van der Waals surface area contributed by atoms with E-state index in [2.05, 4.69) is 6.07 Å². The first kappa shape index (κ1) is 19.9. The van der Waals surface area contributed by atoms with E-state index in [9.17, 15) is 19.8 Å². The van der Waals surface area contributed by atoms with Crippen LogP contribution in [-0.2, 0) is 20.7 Å². The van der Waals surface area contributed by atoms with Crippen LogP contribution in [0, 0.1) is 11.3 Å². The Hall–Kier alpha value is -2.40. The molecular weight excluding hydrogens is 368 g/mol. The van der Waals surface area contributed by atoms with Gasteiger partial charge in [-0.15, -0.1) is 0 Å². The summed E-state index contributed by atoms with van der Waals surface area (Å²) in [4.78, 5) is 24.6. The second-order valence-corrected chi connectivity index (χ2v) is 8.85. The monoisotopic (exact) mass is 396 g/mol. The van der Waals surface area contributed by atoms with Gasteiger partial charge in [0.15, 0.2) is 6.61 Å². The SMILES string of the molecule is CCC(=O)OCC(=O)[C@@]1(O)[C@@H](C)C[C@H]2c3ccc4cc(O)ccc4c3CC[C@@]21C. The molecule has 29 heavy (non-hydrogen) atoms. The van der Waals surface area contributed by atoms with Crippen LogP contribution < -0.4 is 0 Å². The van der Waals surface area contributed by atoms with E-state index < -0.39 is 22.8 Å². The zero-order valence-corrected chi connectivity index (χ0v) is 17.2. The summed E-state index contributed by atoms with van der Waals surface area (Å²) in [6.45, 7) is 5.23. The highest BCUT2D eigenvalue weighted by molar-refractivity contribution is 5.92. The molecule has 1 saturated carbocycles. The quantitative estimate of drug-likeness (QED) is 0.767. The molecule has 0 heterocycles. The molecule has 2 aromatic rings. The molecule has 0 radical (unpaired) electrons. The summed E-state index contributed by atoms with van der Waals surface area (Å²) in [6.07, 6.45) is 2.34. The summed E-state index contributed by atoms with van der Waals surface area (Å²) in [7, 11) is 0. The maximum Gasteiger partial charge on any atom is 0.305 e. The van der Waals surface area contributed by atoms with Crippen molar-refractivity contribution in [3.05, 3.63) is 41.5 Å². The van der Waals surface area contributed by atoms with Crippen molar-refractivity contribution >= 4 is 22.5 Å². The molecule has 0 spiro atoms. The molecule has 0 saturated heterocycles. The van der Waals surface area contributed by atoms with Crippen molar-refractivity contribution < 1.29 is 24.5 Å². The third kappa shape index (κ3) is 2.78. The highest BCUT2D eigenvalue weighted by Gasteiger charge is 2.65. The number of ether oxygens (including phenoxy) is 1. The van der Waals surface area contributed by atoms with E-state index >= 15 is 0 Å². The molecule has 2 N–H and O–H groups in total. The van der Waals surface area contributed by atoms with Gasteiger partial charge in [0.2, 0.25) is 5.78 Å². The smallest absolute Gasteiger partial charge is 0.305 e. The third-order valence-electron chi connectivity index (χ3n) is 7.44. The fourth-order valence-corrected chi connectivity index (χ4v) is 5.79.